The minimum absolute atomic E-state index is 0.0105. The fourth-order valence-corrected chi connectivity index (χ4v) is 11.4. The van der Waals surface area contributed by atoms with Crippen molar-refractivity contribution in [3.8, 4) is 0 Å². The van der Waals surface area contributed by atoms with Crippen LogP contribution in [0, 0.1) is 5.92 Å². The summed E-state index contributed by atoms with van der Waals surface area (Å²) in [5, 5.41) is 66.7. The summed E-state index contributed by atoms with van der Waals surface area (Å²) in [7, 11) is 0.942. The largest absolute Gasteiger partial charge is 0.481 e. The molecule has 0 radical (unpaired) electrons. The topological polar surface area (TPSA) is 673 Å². The number of ether oxygens (including phenoxy) is 1. The second-order valence-electron chi connectivity index (χ2n) is 27.0. The summed E-state index contributed by atoms with van der Waals surface area (Å²) >= 11 is 0. The van der Waals surface area contributed by atoms with Crippen molar-refractivity contribution in [2.45, 2.75) is 229 Å². The number of aliphatic carboxylic acids is 4. The number of nitrogens with one attached hydrogen (secondary N) is 13. The van der Waals surface area contributed by atoms with Crippen molar-refractivity contribution < 1.29 is 121 Å². The van der Waals surface area contributed by atoms with E-state index in [-0.39, 0.29) is 45.1 Å². The highest BCUT2D eigenvalue weighted by Gasteiger charge is 2.39. The molecule has 1 fully saturated rings. The number of hydrogen-bond acceptors (Lipinski definition) is 22. The maximum atomic E-state index is 14.7. The summed E-state index contributed by atoms with van der Waals surface area (Å²) < 4.78 is 5.57. The van der Waals surface area contributed by atoms with Gasteiger partial charge in [-0.15, -0.1) is 0 Å². The van der Waals surface area contributed by atoms with E-state index in [1.54, 1.807) is 30.5 Å². The highest BCUT2D eigenvalue weighted by Crippen LogP contribution is 2.21. The quantitative estimate of drug-likeness (QED) is 0.0222. The van der Waals surface area contributed by atoms with Crippen LogP contribution in [0.5, 0.6) is 0 Å². The monoisotopic (exact) mass is 1580 g/mol. The number of aromatic nitrogens is 1. The molecule has 42 heteroatoms. The lowest BCUT2D eigenvalue weighted by atomic mass is 9.98. The minimum Gasteiger partial charge on any atom is -0.481 e. The lowest BCUT2D eigenvalue weighted by Crippen LogP contribution is -2.60. The summed E-state index contributed by atoms with van der Waals surface area (Å²) in [4.78, 5) is 274. The average molecular weight is 1580 g/mol. The third-order valence-electron chi connectivity index (χ3n) is 17.7. The van der Waals surface area contributed by atoms with E-state index in [1.807, 2.05) is 5.32 Å². The third-order valence-corrected chi connectivity index (χ3v) is 17.7. The number of fused-ring (bicyclic) bond motifs is 1. The lowest BCUT2D eigenvalue weighted by Gasteiger charge is -2.29. The zero-order chi connectivity index (χ0) is 83.9. The van der Waals surface area contributed by atoms with Crippen molar-refractivity contribution in [2.75, 3.05) is 33.3 Å². The Morgan fingerprint density at radius 3 is 1.72 bits per heavy atom. The molecule has 0 aliphatic carbocycles. The van der Waals surface area contributed by atoms with Crippen LogP contribution in [-0.2, 0) is 107 Å². The first kappa shape index (κ1) is 94.3. The molecule has 1 aliphatic rings. The number of esters is 1. The number of aromatic amines is 1. The van der Waals surface area contributed by atoms with E-state index >= 15 is 0 Å². The molecule has 3 rings (SSSR count). The van der Waals surface area contributed by atoms with Crippen molar-refractivity contribution in [1.29, 1.82) is 0 Å². The number of cyclic esters (lactones) is 1. The number of carbonyl (C=O) groups is 20. The SMILES string of the molecule is CCCCCCCCCC(=O)N[C@@H](Cc1c[nH]c2ccccc12)C(=O)N[C@H](CCC(=O)O)C(=O)N[C@@H](CC(N)=O)C(=O)N[C@H]1COC(=O)[C@H]([C@@H](C)CC)NC(=O)[C@H](CCC(=O)O)NC(=O)[C@@H](CC(N)=O)NC(=O)CNC(=O)[C@H](CC(=O)O)NC(=O)[C@@H](CCCCN)NC(=O)[C@H](CC(=O)O)NC(=O)[C@H](C)NC(=O)CN(C)C1=O. The van der Waals surface area contributed by atoms with Crippen LogP contribution in [0.2, 0.25) is 0 Å². The Kier molecular flexibility index (Phi) is 40.9. The van der Waals surface area contributed by atoms with E-state index in [2.05, 4.69) is 70.4 Å². The number of carbonyl (C=O) groups excluding carboxylic acids is 16. The Balaban J connectivity index is 2.20. The molecule has 0 saturated carbocycles. The number of H-pyrrole nitrogens is 1. The first-order valence-corrected chi connectivity index (χ1v) is 36.6. The number of hydrogen-bond donors (Lipinski definition) is 20. The molecule has 112 heavy (non-hydrogen) atoms. The molecule has 1 saturated heterocycles. The molecule has 1 aromatic carbocycles. The van der Waals surface area contributed by atoms with Crippen molar-refractivity contribution in [2.24, 2.45) is 23.1 Å². The Hall–Kier alpha value is -11.9. The van der Waals surface area contributed by atoms with Crippen LogP contribution in [-0.4, -0.2) is 249 Å². The highest BCUT2D eigenvalue weighted by atomic mass is 16.5. The van der Waals surface area contributed by atoms with Crippen LogP contribution >= 0.6 is 0 Å². The molecule has 0 bridgehead atoms. The smallest absolute Gasteiger partial charge is 0.329 e. The molecule has 1 aliphatic heterocycles. The third kappa shape index (κ3) is 34.4. The number of unbranched alkanes of at least 4 members (excludes halogenated alkanes) is 7. The van der Waals surface area contributed by atoms with E-state index in [9.17, 15) is 116 Å². The van der Waals surface area contributed by atoms with Crippen molar-refractivity contribution >= 4 is 129 Å². The minimum atomic E-state index is -2.23. The first-order valence-electron chi connectivity index (χ1n) is 36.6. The molecule has 2 aromatic rings. The number of nitrogens with two attached hydrogens (primary N) is 3. The van der Waals surface area contributed by atoms with Gasteiger partial charge in [0.15, 0.2) is 0 Å². The van der Waals surface area contributed by atoms with Crippen LogP contribution in [0.25, 0.3) is 10.9 Å². The molecule has 12 atom stereocenters. The Labute approximate surface area is 643 Å². The van der Waals surface area contributed by atoms with Gasteiger partial charge in [-0.25, -0.2) is 4.79 Å². The van der Waals surface area contributed by atoms with Gasteiger partial charge in [0.25, 0.3) is 0 Å². The Morgan fingerprint density at radius 1 is 0.571 bits per heavy atom. The van der Waals surface area contributed by atoms with Gasteiger partial charge in [-0.3, -0.25) is 91.1 Å². The Bertz CT molecular complexity index is 3700. The number of rotatable bonds is 37. The van der Waals surface area contributed by atoms with E-state index in [0.29, 0.717) is 34.2 Å². The zero-order valence-corrected chi connectivity index (χ0v) is 63.0. The normalized spacial score (nSPS) is 20.9. The van der Waals surface area contributed by atoms with Crippen molar-refractivity contribution in [3.63, 3.8) is 0 Å². The zero-order valence-electron chi connectivity index (χ0n) is 63.0. The molecular formula is C70H105N17O25. The second kappa shape index (κ2) is 48.6. The predicted molar refractivity (Wildman–Crippen MR) is 391 cm³/mol. The van der Waals surface area contributed by atoms with Crippen LogP contribution in [0.15, 0.2) is 30.5 Å². The number of primary amides is 2. The summed E-state index contributed by atoms with van der Waals surface area (Å²) in [6, 6.07) is -14.1. The van der Waals surface area contributed by atoms with E-state index in [1.165, 1.54) is 13.8 Å². The van der Waals surface area contributed by atoms with Gasteiger partial charge in [-0.05, 0) is 69.5 Å². The van der Waals surface area contributed by atoms with Gasteiger partial charge < -0.3 is 116 Å². The van der Waals surface area contributed by atoms with Crippen LogP contribution in [0.3, 0.4) is 0 Å². The number of nitrogens with zero attached hydrogens (tertiary/aromatic N) is 1. The number of carboxylic acid groups (broad SMARTS) is 4. The number of amides is 15. The van der Waals surface area contributed by atoms with Gasteiger partial charge in [-0.2, -0.15) is 0 Å². The highest BCUT2D eigenvalue weighted by molar-refractivity contribution is 6.02. The van der Waals surface area contributed by atoms with Gasteiger partial charge in [0.05, 0.1) is 38.8 Å². The number of para-hydroxylation sites is 1. The lowest BCUT2D eigenvalue weighted by molar-refractivity contribution is -0.153. The molecule has 15 amide bonds. The average Bonchev–Trinajstić information content (AvgIpc) is 1.62. The van der Waals surface area contributed by atoms with Gasteiger partial charge >= 0.3 is 29.8 Å². The summed E-state index contributed by atoms with van der Waals surface area (Å²) in [6.45, 7) is 2.55. The number of likely N-dealkylation sites (N-methyl/N-ethyl adjacent to an activating group) is 1. The van der Waals surface area contributed by atoms with E-state index in [4.69, 9.17) is 21.9 Å². The maximum Gasteiger partial charge on any atom is 0.329 e. The fourth-order valence-electron chi connectivity index (χ4n) is 11.4. The standard InChI is InChI=1S/C70H105N17O25/c1-6-8-9-10-11-12-13-21-52(90)77-44(27-38-32-74-40-19-15-14-18-39(38)40)65(106)80-42(22-24-55(93)94)63(104)83-46(29-51(73)89)67(108)85-49-35-112-70(111)59(36(3)7-2)86-64(105)43(23-25-56(95)96)81-66(107)45(28-50(72)88)78-53(91)33-75-61(102)47(30-57(97)98)84-62(103)41(20-16-17-26-71)79-68(109)48(31-58(99)100)82-60(101)37(4)76-54(92)34-87(5)69(49)110/h14-15,18-19,32,36-37,41-49,59,74H,6-13,16-17,20-31,33-35,71H2,1-5H3,(H2,72,88)(H2,73,89)(H,75,102)(H,76,92)(H,77,90)(H,78,91)(H,79,109)(H,80,106)(H,81,107)(H,82,101)(H,83,104)(H,84,103)(H,85,108)(H,86,105)(H,93,94)(H,95,96)(H,97,98)(H,99,100)/t36-,37-,41+,42+,43-,44-,45+,46-,47-,48-,49-,59-/m0/s1. The Morgan fingerprint density at radius 2 is 1.12 bits per heavy atom. The summed E-state index contributed by atoms with van der Waals surface area (Å²) in [6.07, 6.45) is -0.151. The van der Waals surface area contributed by atoms with Crippen LogP contribution in [0.4, 0.5) is 0 Å². The number of benzene rings is 1. The molecule has 0 spiro atoms. The predicted octanol–water partition coefficient (Wildman–Crippen LogP) is -5.06. The van der Waals surface area contributed by atoms with E-state index in [0.717, 1.165) is 46.1 Å². The van der Waals surface area contributed by atoms with Crippen LogP contribution in [0.1, 0.15) is 162 Å². The maximum absolute atomic E-state index is 14.7. The molecule has 23 N–H and O–H groups in total. The molecule has 1 aromatic heterocycles. The first-order chi connectivity index (χ1) is 52.9. The van der Waals surface area contributed by atoms with Crippen molar-refractivity contribution in [1.82, 2.24) is 73.7 Å². The van der Waals surface area contributed by atoms with Gasteiger partial charge in [-0.1, -0.05) is 83.9 Å². The fraction of sp³-hybridized carbons (Fsp3) is 0.600. The molecule has 0 unspecified atom stereocenters. The second-order valence-corrected chi connectivity index (χ2v) is 27.0. The summed E-state index contributed by atoms with van der Waals surface area (Å²) in [5.41, 5.74) is 17.8. The van der Waals surface area contributed by atoms with Crippen molar-refractivity contribution in [3.05, 3.63) is 36.0 Å². The molecule has 42 nitrogen and oxygen atoms in total. The molecular weight excluding hydrogens is 1480 g/mol. The van der Waals surface area contributed by atoms with Gasteiger partial charge in [0, 0.05) is 49.8 Å². The number of carboxylic acids is 4. The van der Waals surface area contributed by atoms with E-state index < -0.39 is 262 Å². The van der Waals surface area contributed by atoms with Gasteiger partial charge in [0.2, 0.25) is 88.6 Å². The molecule has 620 valence electrons. The summed E-state index contributed by atoms with van der Waals surface area (Å²) in [5.74, 6) is -27.5. The van der Waals surface area contributed by atoms with Gasteiger partial charge in [0.1, 0.15) is 73.1 Å². The molecule has 2 heterocycles. The van der Waals surface area contributed by atoms with Crippen LogP contribution < -0.4 is 81.0 Å².